The first-order chi connectivity index (χ1) is 9.16. The van der Waals surface area contributed by atoms with Crippen molar-refractivity contribution in [3.63, 3.8) is 0 Å². The van der Waals surface area contributed by atoms with E-state index < -0.39 is 11.6 Å². The maximum absolute atomic E-state index is 13.5. The van der Waals surface area contributed by atoms with Crippen molar-refractivity contribution in [2.24, 2.45) is 5.73 Å². The Bertz CT molecular complexity index is 509. The van der Waals surface area contributed by atoms with E-state index in [0.29, 0.717) is 6.42 Å². The van der Waals surface area contributed by atoms with E-state index in [9.17, 15) is 8.78 Å². The summed E-state index contributed by atoms with van der Waals surface area (Å²) >= 11 is 0. The van der Waals surface area contributed by atoms with E-state index in [-0.39, 0.29) is 18.0 Å². The van der Waals surface area contributed by atoms with Crippen molar-refractivity contribution >= 4 is 0 Å². The van der Waals surface area contributed by atoms with E-state index in [0.717, 1.165) is 12.0 Å². The van der Waals surface area contributed by atoms with Gasteiger partial charge >= 0.3 is 0 Å². The Morgan fingerprint density at radius 3 is 2.47 bits per heavy atom. The quantitative estimate of drug-likeness (QED) is 0.900. The van der Waals surface area contributed by atoms with Crippen LogP contribution in [0.15, 0.2) is 42.7 Å². The molecule has 1 atom stereocenters. The molecule has 1 heterocycles. The molecule has 0 radical (unpaired) electrons. The summed E-state index contributed by atoms with van der Waals surface area (Å²) in [5, 5.41) is 0. The fourth-order valence-electron chi connectivity index (χ4n) is 1.99. The summed E-state index contributed by atoms with van der Waals surface area (Å²) in [6, 6.07) is 7.42. The SMILES string of the molecule is NC(CCc1cccnc1)Cc1c(F)cccc1F. The molecule has 0 saturated heterocycles. The third-order valence-corrected chi connectivity index (χ3v) is 3.05. The lowest BCUT2D eigenvalue weighted by atomic mass is 10.00. The van der Waals surface area contributed by atoms with Crippen molar-refractivity contribution in [1.82, 2.24) is 4.98 Å². The first-order valence-electron chi connectivity index (χ1n) is 6.24. The summed E-state index contributed by atoms with van der Waals surface area (Å²) < 4.78 is 26.9. The molecule has 100 valence electrons. The second-order valence-electron chi connectivity index (χ2n) is 4.56. The molecule has 0 aliphatic rings. The fraction of sp³-hybridized carbons (Fsp3) is 0.267. The Balaban J connectivity index is 1.93. The van der Waals surface area contributed by atoms with Gasteiger partial charge in [-0.3, -0.25) is 4.98 Å². The van der Waals surface area contributed by atoms with Crippen LogP contribution in [-0.2, 0) is 12.8 Å². The summed E-state index contributed by atoms with van der Waals surface area (Å²) in [5.74, 6) is -1.06. The van der Waals surface area contributed by atoms with Crippen LogP contribution in [0.3, 0.4) is 0 Å². The summed E-state index contributed by atoms with van der Waals surface area (Å²) in [6.45, 7) is 0. The number of aromatic nitrogens is 1. The number of pyridine rings is 1. The highest BCUT2D eigenvalue weighted by atomic mass is 19.1. The van der Waals surface area contributed by atoms with Gasteiger partial charge in [0, 0.05) is 24.0 Å². The molecule has 2 aromatic rings. The van der Waals surface area contributed by atoms with Crippen molar-refractivity contribution in [3.05, 3.63) is 65.5 Å². The first-order valence-corrected chi connectivity index (χ1v) is 6.24. The Hall–Kier alpha value is -1.81. The van der Waals surface area contributed by atoms with E-state index in [4.69, 9.17) is 5.73 Å². The largest absolute Gasteiger partial charge is 0.327 e. The van der Waals surface area contributed by atoms with Crippen LogP contribution in [-0.4, -0.2) is 11.0 Å². The van der Waals surface area contributed by atoms with Crippen LogP contribution >= 0.6 is 0 Å². The van der Waals surface area contributed by atoms with Gasteiger partial charge in [-0.2, -0.15) is 0 Å². The van der Waals surface area contributed by atoms with E-state index in [1.165, 1.54) is 18.2 Å². The third-order valence-electron chi connectivity index (χ3n) is 3.05. The molecule has 2 rings (SSSR count). The normalized spacial score (nSPS) is 12.4. The van der Waals surface area contributed by atoms with Gasteiger partial charge in [0.25, 0.3) is 0 Å². The molecule has 1 aromatic heterocycles. The zero-order chi connectivity index (χ0) is 13.7. The number of aryl methyl sites for hydroxylation is 1. The molecule has 0 saturated carbocycles. The lowest BCUT2D eigenvalue weighted by Gasteiger charge is -2.12. The van der Waals surface area contributed by atoms with Crippen molar-refractivity contribution in [2.45, 2.75) is 25.3 Å². The Morgan fingerprint density at radius 2 is 1.84 bits per heavy atom. The molecule has 0 fully saturated rings. The highest BCUT2D eigenvalue weighted by Crippen LogP contribution is 2.15. The molecule has 0 aliphatic heterocycles. The Labute approximate surface area is 111 Å². The second kappa shape index (κ2) is 6.38. The van der Waals surface area contributed by atoms with E-state index in [1.54, 1.807) is 12.4 Å². The maximum Gasteiger partial charge on any atom is 0.129 e. The van der Waals surface area contributed by atoms with Gasteiger partial charge < -0.3 is 5.73 Å². The molecule has 1 unspecified atom stereocenters. The van der Waals surface area contributed by atoms with Gasteiger partial charge in [0.2, 0.25) is 0 Å². The van der Waals surface area contributed by atoms with Gasteiger partial charge in [-0.25, -0.2) is 8.78 Å². The lowest BCUT2D eigenvalue weighted by molar-refractivity contribution is 0.523. The predicted octanol–water partition coefficient (Wildman–Crippen LogP) is 2.86. The Kier molecular flexibility index (Phi) is 4.58. The predicted molar refractivity (Wildman–Crippen MR) is 70.6 cm³/mol. The van der Waals surface area contributed by atoms with Crippen LogP contribution in [0.5, 0.6) is 0 Å². The van der Waals surface area contributed by atoms with Gasteiger partial charge in [-0.1, -0.05) is 12.1 Å². The molecule has 2 N–H and O–H groups in total. The second-order valence-corrected chi connectivity index (χ2v) is 4.56. The van der Waals surface area contributed by atoms with Crippen LogP contribution in [0, 0.1) is 11.6 Å². The van der Waals surface area contributed by atoms with Crippen LogP contribution in [0.1, 0.15) is 17.5 Å². The number of nitrogens with zero attached hydrogens (tertiary/aromatic N) is 1. The minimum Gasteiger partial charge on any atom is -0.327 e. The minimum atomic E-state index is -0.531. The molecular weight excluding hydrogens is 246 g/mol. The van der Waals surface area contributed by atoms with Crippen LogP contribution in [0.2, 0.25) is 0 Å². The molecule has 0 bridgehead atoms. The average Bonchev–Trinajstić information content (AvgIpc) is 2.42. The van der Waals surface area contributed by atoms with Gasteiger partial charge in [-0.15, -0.1) is 0 Å². The molecule has 19 heavy (non-hydrogen) atoms. The van der Waals surface area contributed by atoms with Crippen molar-refractivity contribution in [3.8, 4) is 0 Å². The summed E-state index contributed by atoms with van der Waals surface area (Å²) in [6.07, 6.45) is 5.11. The summed E-state index contributed by atoms with van der Waals surface area (Å²) in [5.41, 5.74) is 7.08. The molecular formula is C15H16F2N2. The van der Waals surface area contributed by atoms with Crippen LogP contribution in [0.25, 0.3) is 0 Å². The van der Waals surface area contributed by atoms with Crippen molar-refractivity contribution in [2.75, 3.05) is 0 Å². The molecule has 4 heteroatoms. The average molecular weight is 262 g/mol. The molecule has 0 amide bonds. The number of hydrogen-bond donors (Lipinski definition) is 1. The van der Waals surface area contributed by atoms with Crippen LogP contribution in [0.4, 0.5) is 8.78 Å². The summed E-state index contributed by atoms with van der Waals surface area (Å²) in [7, 11) is 0. The molecule has 0 aliphatic carbocycles. The van der Waals surface area contributed by atoms with E-state index in [1.807, 2.05) is 12.1 Å². The standard InChI is InChI=1S/C15H16F2N2/c16-14-4-1-5-15(17)13(14)9-12(18)7-6-11-3-2-8-19-10-11/h1-5,8,10,12H,6-7,9,18H2. The van der Waals surface area contributed by atoms with Gasteiger partial charge in [0.05, 0.1) is 0 Å². The minimum absolute atomic E-state index is 0.0705. The summed E-state index contributed by atoms with van der Waals surface area (Å²) in [4.78, 5) is 4.01. The first kappa shape index (κ1) is 13.6. The topological polar surface area (TPSA) is 38.9 Å². The van der Waals surface area contributed by atoms with Gasteiger partial charge in [0.1, 0.15) is 11.6 Å². The van der Waals surface area contributed by atoms with Gasteiger partial charge in [0.15, 0.2) is 0 Å². The molecule has 0 spiro atoms. The van der Waals surface area contributed by atoms with E-state index in [2.05, 4.69) is 4.98 Å². The molecule has 1 aromatic carbocycles. The number of benzene rings is 1. The Morgan fingerprint density at radius 1 is 1.11 bits per heavy atom. The fourth-order valence-corrected chi connectivity index (χ4v) is 1.99. The third kappa shape index (κ3) is 3.83. The van der Waals surface area contributed by atoms with Crippen molar-refractivity contribution < 1.29 is 8.78 Å². The highest BCUT2D eigenvalue weighted by Gasteiger charge is 2.12. The maximum atomic E-state index is 13.5. The smallest absolute Gasteiger partial charge is 0.129 e. The number of nitrogens with two attached hydrogens (primary N) is 1. The monoisotopic (exact) mass is 262 g/mol. The lowest BCUT2D eigenvalue weighted by Crippen LogP contribution is -2.24. The number of halogens is 2. The zero-order valence-electron chi connectivity index (χ0n) is 10.5. The van der Waals surface area contributed by atoms with Crippen LogP contribution < -0.4 is 5.73 Å². The number of rotatable bonds is 5. The van der Waals surface area contributed by atoms with Gasteiger partial charge in [-0.05, 0) is 43.0 Å². The number of hydrogen-bond acceptors (Lipinski definition) is 2. The highest BCUT2D eigenvalue weighted by molar-refractivity contribution is 5.20. The molecule has 2 nitrogen and oxygen atoms in total. The van der Waals surface area contributed by atoms with Crippen molar-refractivity contribution in [1.29, 1.82) is 0 Å². The zero-order valence-corrected chi connectivity index (χ0v) is 10.5. The van der Waals surface area contributed by atoms with E-state index >= 15 is 0 Å².